The number of piperidine rings is 1. The lowest BCUT2D eigenvalue weighted by atomic mass is 9.92. The predicted octanol–water partition coefficient (Wildman–Crippen LogP) is 2.79. The molecule has 0 aliphatic carbocycles. The van der Waals surface area contributed by atoms with Crippen molar-refractivity contribution in [2.24, 2.45) is 11.7 Å². The molecule has 1 fully saturated rings. The van der Waals surface area contributed by atoms with E-state index in [0.29, 0.717) is 6.04 Å². The Morgan fingerprint density at radius 1 is 1.44 bits per heavy atom. The highest BCUT2D eigenvalue weighted by Gasteiger charge is 2.21. The maximum atomic E-state index is 5.99. The molecule has 2 heteroatoms. The van der Waals surface area contributed by atoms with E-state index in [1.54, 1.807) is 0 Å². The van der Waals surface area contributed by atoms with Crippen LogP contribution in [-0.4, -0.2) is 30.6 Å². The number of unbranched alkanes of at least 4 members (excludes halogenated alkanes) is 3. The Balaban J connectivity index is 2.09. The molecule has 1 aliphatic rings. The van der Waals surface area contributed by atoms with Crippen molar-refractivity contribution in [3.05, 3.63) is 12.7 Å². The van der Waals surface area contributed by atoms with E-state index in [1.165, 1.54) is 58.2 Å². The van der Waals surface area contributed by atoms with Gasteiger partial charge < -0.3 is 10.6 Å². The quantitative estimate of drug-likeness (QED) is 0.532. The first-order valence-corrected chi connectivity index (χ1v) is 6.83. The molecule has 0 amide bonds. The minimum atomic E-state index is 0.364. The summed E-state index contributed by atoms with van der Waals surface area (Å²) in [7, 11) is 0. The van der Waals surface area contributed by atoms with Crippen molar-refractivity contribution in [3.63, 3.8) is 0 Å². The number of likely N-dealkylation sites (tertiary alicyclic amines) is 1. The monoisotopic (exact) mass is 224 g/mol. The molecule has 2 N–H and O–H groups in total. The molecule has 2 nitrogen and oxygen atoms in total. The number of rotatable bonds is 7. The summed E-state index contributed by atoms with van der Waals surface area (Å²) in [5.74, 6) is 0.724. The van der Waals surface area contributed by atoms with Crippen LogP contribution in [0.4, 0.5) is 0 Å². The van der Waals surface area contributed by atoms with Crippen LogP contribution in [0.5, 0.6) is 0 Å². The minimum absolute atomic E-state index is 0.364. The normalized spacial score (nSPS) is 24.2. The van der Waals surface area contributed by atoms with E-state index in [9.17, 15) is 0 Å². The maximum absolute atomic E-state index is 5.99. The molecule has 0 saturated carbocycles. The van der Waals surface area contributed by atoms with Gasteiger partial charge in [0, 0.05) is 12.6 Å². The summed E-state index contributed by atoms with van der Waals surface area (Å²) < 4.78 is 0. The first-order valence-electron chi connectivity index (χ1n) is 6.83. The van der Waals surface area contributed by atoms with Crippen molar-refractivity contribution >= 4 is 0 Å². The summed E-state index contributed by atoms with van der Waals surface area (Å²) in [6.07, 6.45) is 9.82. The fourth-order valence-electron chi connectivity index (χ4n) is 2.52. The zero-order chi connectivity index (χ0) is 11.8. The largest absolute Gasteiger partial charge is 0.328 e. The summed E-state index contributed by atoms with van der Waals surface area (Å²) in [6.45, 7) is 9.67. The van der Waals surface area contributed by atoms with Crippen LogP contribution >= 0.6 is 0 Å². The van der Waals surface area contributed by atoms with E-state index in [4.69, 9.17) is 5.73 Å². The fraction of sp³-hybridized carbons (Fsp3) is 0.857. The van der Waals surface area contributed by atoms with Gasteiger partial charge in [-0.25, -0.2) is 0 Å². The second-order valence-electron chi connectivity index (χ2n) is 5.20. The van der Waals surface area contributed by atoms with E-state index >= 15 is 0 Å². The van der Waals surface area contributed by atoms with E-state index < -0.39 is 0 Å². The first-order chi connectivity index (χ1) is 7.74. The van der Waals surface area contributed by atoms with Crippen LogP contribution in [0.1, 0.15) is 45.4 Å². The van der Waals surface area contributed by atoms with Gasteiger partial charge >= 0.3 is 0 Å². The van der Waals surface area contributed by atoms with Gasteiger partial charge in [-0.2, -0.15) is 0 Å². The van der Waals surface area contributed by atoms with Crippen LogP contribution in [0.3, 0.4) is 0 Å². The molecule has 2 atom stereocenters. The molecule has 1 saturated heterocycles. The number of nitrogens with zero attached hydrogens (tertiary/aromatic N) is 1. The van der Waals surface area contributed by atoms with Gasteiger partial charge in [-0.15, -0.1) is 6.58 Å². The van der Waals surface area contributed by atoms with Crippen LogP contribution in [0, 0.1) is 5.92 Å². The molecule has 0 aromatic rings. The molecule has 0 aromatic heterocycles. The van der Waals surface area contributed by atoms with Crippen molar-refractivity contribution in [1.29, 1.82) is 0 Å². The molecule has 94 valence electrons. The van der Waals surface area contributed by atoms with E-state index in [-0.39, 0.29) is 0 Å². The lowest BCUT2D eigenvalue weighted by molar-refractivity contribution is 0.158. The van der Waals surface area contributed by atoms with E-state index in [0.717, 1.165) is 5.92 Å². The summed E-state index contributed by atoms with van der Waals surface area (Å²) in [5, 5.41) is 0. The highest BCUT2D eigenvalue weighted by Crippen LogP contribution is 2.19. The van der Waals surface area contributed by atoms with Crippen molar-refractivity contribution in [2.75, 3.05) is 19.6 Å². The third kappa shape index (κ3) is 5.13. The fourth-order valence-corrected chi connectivity index (χ4v) is 2.52. The highest BCUT2D eigenvalue weighted by atomic mass is 15.1. The topological polar surface area (TPSA) is 29.3 Å². The van der Waals surface area contributed by atoms with E-state index in [2.05, 4.69) is 18.4 Å². The van der Waals surface area contributed by atoms with Crippen molar-refractivity contribution < 1.29 is 0 Å². The number of hydrogen-bond acceptors (Lipinski definition) is 2. The minimum Gasteiger partial charge on any atom is -0.328 e. The first kappa shape index (κ1) is 13.7. The van der Waals surface area contributed by atoms with Gasteiger partial charge in [-0.3, -0.25) is 0 Å². The molecule has 16 heavy (non-hydrogen) atoms. The number of allylic oxidation sites excluding steroid dienone is 1. The molecule has 1 aliphatic heterocycles. The van der Waals surface area contributed by atoms with Crippen LogP contribution in [0.25, 0.3) is 0 Å². The Bertz CT molecular complexity index is 189. The highest BCUT2D eigenvalue weighted by molar-refractivity contribution is 4.78. The summed E-state index contributed by atoms with van der Waals surface area (Å²) in [5.41, 5.74) is 5.99. The van der Waals surface area contributed by atoms with Crippen LogP contribution in [0.15, 0.2) is 12.7 Å². The number of hydrogen-bond donors (Lipinski definition) is 1. The van der Waals surface area contributed by atoms with Gasteiger partial charge in [0.25, 0.3) is 0 Å². The Morgan fingerprint density at radius 2 is 2.25 bits per heavy atom. The molecule has 0 bridgehead atoms. The molecular weight excluding hydrogens is 196 g/mol. The molecule has 0 spiro atoms. The Hall–Kier alpha value is -0.340. The van der Waals surface area contributed by atoms with Crippen molar-refractivity contribution in [3.8, 4) is 0 Å². The summed E-state index contributed by atoms with van der Waals surface area (Å²) in [6, 6.07) is 0.364. The maximum Gasteiger partial charge on any atom is 0.00509 e. The second kappa shape index (κ2) is 7.86. The van der Waals surface area contributed by atoms with Gasteiger partial charge in [0.2, 0.25) is 0 Å². The lowest BCUT2D eigenvalue weighted by Gasteiger charge is -2.34. The summed E-state index contributed by atoms with van der Waals surface area (Å²) in [4.78, 5) is 2.60. The molecule has 0 radical (unpaired) electrons. The number of nitrogens with two attached hydrogens (primary N) is 1. The van der Waals surface area contributed by atoms with Crippen LogP contribution in [-0.2, 0) is 0 Å². The zero-order valence-corrected chi connectivity index (χ0v) is 10.8. The van der Waals surface area contributed by atoms with Gasteiger partial charge in [0.05, 0.1) is 0 Å². The average Bonchev–Trinajstić information content (AvgIpc) is 2.29. The standard InChI is InChI=1S/C14H28N2/c1-3-4-5-6-7-10-16-11-8-9-14(12-16)13(2)15/h3,13-14H,1,4-12,15H2,2H3. The van der Waals surface area contributed by atoms with Crippen molar-refractivity contribution in [2.45, 2.75) is 51.5 Å². The average molecular weight is 224 g/mol. The molecule has 0 aromatic carbocycles. The van der Waals surface area contributed by atoms with Crippen molar-refractivity contribution in [1.82, 2.24) is 4.90 Å². The smallest absolute Gasteiger partial charge is 0.00509 e. The third-order valence-electron chi connectivity index (χ3n) is 3.67. The Labute approximate surface area is 101 Å². The van der Waals surface area contributed by atoms with Gasteiger partial charge in [-0.1, -0.05) is 12.5 Å². The van der Waals surface area contributed by atoms with Gasteiger partial charge in [-0.05, 0) is 58.0 Å². The second-order valence-corrected chi connectivity index (χ2v) is 5.20. The predicted molar refractivity (Wildman–Crippen MR) is 71.5 cm³/mol. The van der Waals surface area contributed by atoms with Gasteiger partial charge in [0.1, 0.15) is 0 Å². The zero-order valence-electron chi connectivity index (χ0n) is 10.8. The molecular formula is C14H28N2. The van der Waals surface area contributed by atoms with Gasteiger partial charge in [0.15, 0.2) is 0 Å². The molecule has 1 rings (SSSR count). The van der Waals surface area contributed by atoms with Crippen LogP contribution in [0.2, 0.25) is 0 Å². The van der Waals surface area contributed by atoms with Crippen LogP contribution < -0.4 is 5.73 Å². The SMILES string of the molecule is C=CCCCCCN1CCCC(C(C)N)C1. The molecule has 1 heterocycles. The lowest BCUT2D eigenvalue weighted by Crippen LogP contribution is -2.42. The van der Waals surface area contributed by atoms with E-state index in [1.807, 2.05) is 6.08 Å². The molecule has 2 unspecified atom stereocenters. The summed E-state index contributed by atoms with van der Waals surface area (Å²) >= 11 is 0. The Kier molecular flexibility index (Phi) is 6.74. The Morgan fingerprint density at radius 3 is 2.94 bits per heavy atom. The third-order valence-corrected chi connectivity index (χ3v) is 3.67.